The number of hydrogen-bond acceptors (Lipinski definition) is 1. The molecule has 0 radical (unpaired) electrons. The van der Waals surface area contributed by atoms with Crippen molar-refractivity contribution in [2.75, 3.05) is 6.54 Å². The van der Waals surface area contributed by atoms with E-state index in [9.17, 15) is 0 Å². The van der Waals surface area contributed by atoms with Gasteiger partial charge in [-0.25, -0.2) is 0 Å². The molecule has 66 valence electrons. The molecule has 2 heteroatoms. The minimum absolute atomic E-state index is 0.726. The van der Waals surface area contributed by atoms with Crippen molar-refractivity contribution in [2.45, 2.75) is 19.8 Å². The second-order valence-corrected chi connectivity index (χ2v) is 3.62. The van der Waals surface area contributed by atoms with E-state index in [-0.39, 0.29) is 0 Å². The molecule has 0 unspecified atom stereocenters. The SMILES string of the molecule is CCc1c(Br)cccc1CCN. The molecule has 0 aliphatic carbocycles. The maximum Gasteiger partial charge on any atom is 0.0209 e. The van der Waals surface area contributed by atoms with Crippen LogP contribution in [0.2, 0.25) is 0 Å². The molecule has 0 spiro atoms. The molecule has 1 aromatic carbocycles. The molecule has 0 aliphatic rings. The van der Waals surface area contributed by atoms with Crippen LogP contribution in [0.1, 0.15) is 18.1 Å². The molecule has 0 amide bonds. The second-order valence-electron chi connectivity index (χ2n) is 2.77. The van der Waals surface area contributed by atoms with Gasteiger partial charge in [0.15, 0.2) is 0 Å². The Morgan fingerprint density at radius 1 is 1.42 bits per heavy atom. The van der Waals surface area contributed by atoms with E-state index in [0.717, 1.165) is 19.4 Å². The standard InChI is InChI=1S/C10H14BrN/c1-2-9-8(6-7-12)4-3-5-10(9)11/h3-5H,2,6-7,12H2,1H3. The van der Waals surface area contributed by atoms with Crippen LogP contribution >= 0.6 is 15.9 Å². The zero-order valence-corrected chi connectivity index (χ0v) is 8.89. The van der Waals surface area contributed by atoms with E-state index in [1.54, 1.807) is 0 Å². The Kier molecular flexibility index (Phi) is 3.76. The van der Waals surface area contributed by atoms with E-state index in [2.05, 4.69) is 41.1 Å². The van der Waals surface area contributed by atoms with Crippen LogP contribution in [0.25, 0.3) is 0 Å². The summed E-state index contributed by atoms with van der Waals surface area (Å²) in [6.07, 6.45) is 2.04. The average Bonchev–Trinajstić information content (AvgIpc) is 2.05. The summed E-state index contributed by atoms with van der Waals surface area (Å²) in [5, 5.41) is 0. The molecule has 0 saturated carbocycles. The van der Waals surface area contributed by atoms with E-state index in [0.29, 0.717) is 0 Å². The minimum atomic E-state index is 0.726. The number of benzene rings is 1. The third-order valence-corrected chi connectivity index (χ3v) is 2.73. The van der Waals surface area contributed by atoms with Crippen LogP contribution in [0.3, 0.4) is 0 Å². The van der Waals surface area contributed by atoms with Crippen LogP contribution in [0.4, 0.5) is 0 Å². The maximum atomic E-state index is 5.52. The van der Waals surface area contributed by atoms with Crippen LogP contribution in [0.5, 0.6) is 0 Å². The molecule has 1 nitrogen and oxygen atoms in total. The van der Waals surface area contributed by atoms with Gasteiger partial charge in [0.1, 0.15) is 0 Å². The molecule has 0 aromatic heterocycles. The molecular formula is C10H14BrN. The van der Waals surface area contributed by atoms with Crippen LogP contribution in [0, 0.1) is 0 Å². The van der Waals surface area contributed by atoms with Gasteiger partial charge in [0.05, 0.1) is 0 Å². The van der Waals surface area contributed by atoms with Gasteiger partial charge in [0.2, 0.25) is 0 Å². The Hall–Kier alpha value is -0.340. The molecule has 0 bridgehead atoms. The normalized spacial score (nSPS) is 10.2. The molecule has 2 N–H and O–H groups in total. The summed E-state index contributed by atoms with van der Waals surface area (Å²) in [6.45, 7) is 2.89. The van der Waals surface area contributed by atoms with Crippen molar-refractivity contribution in [3.63, 3.8) is 0 Å². The lowest BCUT2D eigenvalue weighted by atomic mass is 10.0. The maximum absolute atomic E-state index is 5.52. The Morgan fingerprint density at radius 2 is 2.17 bits per heavy atom. The van der Waals surface area contributed by atoms with Crippen LogP contribution in [-0.2, 0) is 12.8 Å². The van der Waals surface area contributed by atoms with Crippen molar-refractivity contribution in [1.82, 2.24) is 0 Å². The van der Waals surface area contributed by atoms with Crippen molar-refractivity contribution in [3.8, 4) is 0 Å². The predicted molar refractivity (Wildman–Crippen MR) is 56.3 cm³/mol. The Labute approximate surface area is 82.1 Å². The summed E-state index contributed by atoms with van der Waals surface area (Å²) in [5.74, 6) is 0. The predicted octanol–water partition coefficient (Wildman–Crippen LogP) is 2.51. The third kappa shape index (κ3) is 2.08. The van der Waals surface area contributed by atoms with Crippen molar-refractivity contribution in [3.05, 3.63) is 33.8 Å². The largest absolute Gasteiger partial charge is 0.330 e. The van der Waals surface area contributed by atoms with Crippen LogP contribution in [0.15, 0.2) is 22.7 Å². The highest BCUT2D eigenvalue weighted by Crippen LogP contribution is 2.21. The Balaban J connectivity index is 3.00. The van der Waals surface area contributed by atoms with E-state index in [1.807, 2.05) is 0 Å². The van der Waals surface area contributed by atoms with Gasteiger partial charge < -0.3 is 5.73 Å². The molecule has 0 aliphatic heterocycles. The first-order chi connectivity index (χ1) is 5.79. The van der Waals surface area contributed by atoms with Gasteiger partial charge in [-0.15, -0.1) is 0 Å². The lowest BCUT2D eigenvalue weighted by Crippen LogP contribution is -2.05. The number of hydrogen-bond donors (Lipinski definition) is 1. The molecule has 0 atom stereocenters. The Morgan fingerprint density at radius 3 is 2.75 bits per heavy atom. The van der Waals surface area contributed by atoms with E-state index >= 15 is 0 Å². The van der Waals surface area contributed by atoms with E-state index in [1.165, 1.54) is 15.6 Å². The van der Waals surface area contributed by atoms with Crippen LogP contribution in [-0.4, -0.2) is 6.54 Å². The summed E-state index contributed by atoms with van der Waals surface area (Å²) >= 11 is 3.54. The van der Waals surface area contributed by atoms with Gasteiger partial charge in [0.25, 0.3) is 0 Å². The van der Waals surface area contributed by atoms with Crippen molar-refractivity contribution >= 4 is 15.9 Å². The Bertz CT molecular complexity index is 258. The zero-order valence-electron chi connectivity index (χ0n) is 7.31. The fourth-order valence-corrected chi connectivity index (χ4v) is 2.08. The molecule has 1 rings (SSSR count). The number of nitrogens with two attached hydrogens (primary N) is 1. The van der Waals surface area contributed by atoms with E-state index < -0.39 is 0 Å². The topological polar surface area (TPSA) is 26.0 Å². The minimum Gasteiger partial charge on any atom is -0.330 e. The molecule has 1 aromatic rings. The van der Waals surface area contributed by atoms with Gasteiger partial charge in [-0.05, 0) is 36.6 Å². The highest BCUT2D eigenvalue weighted by molar-refractivity contribution is 9.10. The fraction of sp³-hybridized carbons (Fsp3) is 0.400. The van der Waals surface area contributed by atoms with Gasteiger partial charge in [0, 0.05) is 4.47 Å². The number of rotatable bonds is 3. The quantitative estimate of drug-likeness (QED) is 0.845. The smallest absolute Gasteiger partial charge is 0.0209 e. The molecular weight excluding hydrogens is 214 g/mol. The summed E-state index contributed by atoms with van der Waals surface area (Å²) in [6, 6.07) is 6.30. The lowest BCUT2D eigenvalue weighted by Gasteiger charge is -2.07. The van der Waals surface area contributed by atoms with E-state index in [4.69, 9.17) is 5.73 Å². The monoisotopic (exact) mass is 227 g/mol. The first-order valence-electron chi connectivity index (χ1n) is 4.26. The summed E-state index contributed by atoms with van der Waals surface area (Å²) in [4.78, 5) is 0. The third-order valence-electron chi connectivity index (χ3n) is 1.98. The highest BCUT2D eigenvalue weighted by Gasteiger charge is 2.02. The van der Waals surface area contributed by atoms with Crippen molar-refractivity contribution in [2.24, 2.45) is 5.73 Å². The first kappa shape index (κ1) is 9.75. The summed E-state index contributed by atoms with van der Waals surface area (Å²) < 4.78 is 1.20. The number of halogens is 1. The summed E-state index contributed by atoms with van der Waals surface area (Å²) in [7, 11) is 0. The van der Waals surface area contributed by atoms with Crippen molar-refractivity contribution < 1.29 is 0 Å². The molecule has 0 fully saturated rings. The lowest BCUT2D eigenvalue weighted by molar-refractivity contribution is 0.936. The van der Waals surface area contributed by atoms with Gasteiger partial charge in [-0.3, -0.25) is 0 Å². The summed E-state index contributed by atoms with van der Waals surface area (Å²) in [5.41, 5.74) is 8.28. The average molecular weight is 228 g/mol. The first-order valence-corrected chi connectivity index (χ1v) is 5.05. The molecule has 0 heterocycles. The van der Waals surface area contributed by atoms with Crippen molar-refractivity contribution in [1.29, 1.82) is 0 Å². The fourth-order valence-electron chi connectivity index (χ4n) is 1.39. The molecule has 0 saturated heterocycles. The van der Waals surface area contributed by atoms with Gasteiger partial charge >= 0.3 is 0 Å². The second kappa shape index (κ2) is 4.63. The highest BCUT2D eigenvalue weighted by atomic mass is 79.9. The zero-order chi connectivity index (χ0) is 8.97. The van der Waals surface area contributed by atoms with Gasteiger partial charge in [-0.2, -0.15) is 0 Å². The molecule has 12 heavy (non-hydrogen) atoms. The van der Waals surface area contributed by atoms with Crippen LogP contribution < -0.4 is 5.73 Å². The van der Waals surface area contributed by atoms with Gasteiger partial charge in [-0.1, -0.05) is 35.0 Å².